The zero-order valence-corrected chi connectivity index (χ0v) is 9.05. The number of rotatable bonds is 1. The average Bonchev–Trinajstić information content (AvgIpc) is 2.21. The lowest BCUT2D eigenvalue weighted by molar-refractivity contribution is -0.130. The predicted octanol–water partition coefficient (Wildman–Crippen LogP) is 0.748. The topological polar surface area (TPSA) is 56.1 Å². The van der Waals surface area contributed by atoms with Crippen LogP contribution in [-0.2, 0) is 4.79 Å². The molecule has 0 aromatic rings. The van der Waals surface area contributed by atoms with Gasteiger partial charge in [0, 0.05) is 13.1 Å². The summed E-state index contributed by atoms with van der Waals surface area (Å²) in [4.78, 5) is 12.9. The van der Waals surface area contributed by atoms with Crippen LogP contribution < -0.4 is 5.32 Å². The van der Waals surface area contributed by atoms with E-state index in [0.717, 1.165) is 25.9 Å². The average molecular weight is 197 g/mol. The maximum absolute atomic E-state index is 11.1. The molecule has 1 heterocycles. The van der Waals surface area contributed by atoms with Crippen molar-refractivity contribution in [3.8, 4) is 6.07 Å². The number of hydrogen-bond acceptors (Lipinski definition) is 3. The van der Waals surface area contributed by atoms with Gasteiger partial charge in [0.2, 0.25) is 5.91 Å². The second-order valence-corrected chi connectivity index (χ2v) is 3.28. The third-order valence-corrected chi connectivity index (χ3v) is 1.94. The molecule has 1 rings (SSSR count). The standard InChI is InChI=1S/C8H12N2O.C2H7N/c9-5-4-8(11)10-6-2-1-3-7-10;1-3-2/h1-4,6-7H2;3H,1-2H3. The number of nitrogens with zero attached hydrogens (tertiary/aromatic N) is 2. The third kappa shape index (κ3) is 5.55. The van der Waals surface area contributed by atoms with Crippen LogP contribution in [0, 0.1) is 11.3 Å². The van der Waals surface area contributed by atoms with E-state index in [1.54, 1.807) is 4.90 Å². The van der Waals surface area contributed by atoms with Gasteiger partial charge in [0.1, 0.15) is 6.42 Å². The van der Waals surface area contributed by atoms with Crippen molar-refractivity contribution >= 4 is 5.91 Å². The number of amides is 1. The van der Waals surface area contributed by atoms with Crippen LogP contribution in [0.2, 0.25) is 0 Å². The monoisotopic (exact) mass is 197 g/mol. The van der Waals surface area contributed by atoms with E-state index in [0.29, 0.717) is 0 Å². The van der Waals surface area contributed by atoms with Gasteiger partial charge in [-0.15, -0.1) is 0 Å². The van der Waals surface area contributed by atoms with Crippen molar-refractivity contribution in [1.29, 1.82) is 5.26 Å². The Morgan fingerprint density at radius 2 is 1.86 bits per heavy atom. The van der Waals surface area contributed by atoms with Crippen LogP contribution in [0.5, 0.6) is 0 Å². The van der Waals surface area contributed by atoms with Crippen LogP contribution >= 0.6 is 0 Å². The van der Waals surface area contributed by atoms with Crippen molar-refractivity contribution < 1.29 is 4.79 Å². The lowest BCUT2D eigenvalue weighted by Crippen LogP contribution is -2.35. The molecule has 1 N–H and O–H groups in total. The van der Waals surface area contributed by atoms with Crippen molar-refractivity contribution in [3.05, 3.63) is 0 Å². The van der Waals surface area contributed by atoms with E-state index in [4.69, 9.17) is 5.26 Å². The normalized spacial score (nSPS) is 15.1. The van der Waals surface area contributed by atoms with Gasteiger partial charge in [-0.1, -0.05) is 0 Å². The van der Waals surface area contributed by atoms with Gasteiger partial charge in [0.25, 0.3) is 0 Å². The zero-order chi connectivity index (χ0) is 10.8. The first kappa shape index (κ1) is 12.9. The van der Waals surface area contributed by atoms with Gasteiger partial charge in [-0.2, -0.15) is 5.26 Å². The lowest BCUT2D eigenvalue weighted by atomic mass is 10.1. The Balaban J connectivity index is 0.000000500. The highest BCUT2D eigenvalue weighted by atomic mass is 16.2. The predicted molar refractivity (Wildman–Crippen MR) is 55.6 cm³/mol. The Kier molecular flexibility index (Phi) is 7.86. The largest absolute Gasteiger partial charge is 0.342 e. The fourth-order valence-electron chi connectivity index (χ4n) is 1.32. The van der Waals surface area contributed by atoms with E-state index in [1.807, 2.05) is 20.2 Å². The van der Waals surface area contributed by atoms with Gasteiger partial charge in [0.15, 0.2) is 0 Å². The summed E-state index contributed by atoms with van der Waals surface area (Å²) in [6.07, 6.45) is 3.45. The van der Waals surface area contributed by atoms with Crippen molar-refractivity contribution in [1.82, 2.24) is 10.2 Å². The van der Waals surface area contributed by atoms with Gasteiger partial charge >= 0.3 is 0 Å². The highest BCUT2D eigenvalue weighted by Crippen LogP contribution is 2.09. The highest BCUT2D eigenvalue weighted by molar-refractivity contribution is 5.78. The van der Waals surface area contributed by atoms with E-state index >= 15 is 0 Å². The maximum atomic E-state index is 11.1. The summed E-state index contributed by atoms with van der Waals surface area (Å²) in [5.74, 6) is -0.00722. The molecule has 1 fully saturated rings. The molecule has 0 aromatic carbocycles. The molecular formula is C10H19N3O. The van der Waals surface area contributed by atoms with Crippen molar-refractivity contribution in [2.45, 2.75) is 25.7 Å². The van der Waals surface area contributed by atoms with E-state index in [1.165, 1.54) is 6.42 Å². The summed E-state index contributed by atoms with van der Waals surface area (Å²) >= 11 is 0. The molecular weight excluding hydrogens is 178 g/mol. The molecule has 0 aromatic heterocycles. The van der Waals surface area contributed by atoms with Crippen LogP contribution in [0.25, 0.3) is 0 Å². The fraction of sp³-hybridized carbons (Fsp3) is 0.800. The number of nitriles is 1. The molecule has 0 bridgehead atoms. The van der Waals surface area contributed by atoms with Gasteiger partial charge in [0.05, 0.1) is 6.07 Å². The Hall–Kier alpha value is -1.08. The third-order valence-electron chi connectivity index (χ3n) is 1.94. The molecule has 0 atom stereocenters. The number of hydrogen-bond donors (Lipinski definition) is 1. The Labute approximate surface area is 85.9 Å². The first-order valence-corrected chi connectivity index (χ1v) is 4.99. The van der Waals surface area contributed by atoms with Crippen LogP contribution in [0.3, 0.4) is 0 Å². The van der Waals surface area contributed by atoms with Crippen molar-refractivity contribution in [3.63, 3.8) is 0 Å². The molecule has 14 heavy (non-hydrogen) atoms. The highest BCUT2D eigenvalue weighted by Gasteiger charge is 2.14. The van der Waals surface area contributed by atoms with Crippen LogP contribution in [0.4, 0.5) is 0 Å². The van der Waals surface area contributed by atoms with Crippen LogP contribution in [0.1, 0.15) is 25.7 Å². The minimum atomic E-state index is -0.00722. The number of nitrogens with one attached hydrogen (secondary N) is 1. The molecule has 1 amide bonds. The Morgan fingerprint density at radius 1 is 1.36 bits per heavy atom. The molecule has 1 aliphatic rings. The Morgan fingerprint density at radius 3 is 2.29 bits per heavy atom. The summed E-state index contributed by atoms with van der Waals surface area (Å²) in [5, 5.41) is 11.0. The van der Waals surface area contributed by atoms with Gasteiger partial charge in [-0.3, -0.25) is 4.79 Å². The lowest BCUT2D eigenvalue weighted by Gasteiger charge is -2.25. The summed E-state index contributed by atoms with van der Waals surface area (Å²) in [5.41, 5.74) is 0. The minimum Gasteiger partial charge on any atom is -0.342 e. The Bertz CT molecular complexity index is 192. The molecule has 0 aliphatic carbocycles. The SMILES string of the molecule is CNC.N#CCC(=O)N1CCCCC1. The molecule has 0 spiro atoms. The first-order valence-electron chi connectivity index (χ1n) is 4.99. The number of carbonyl (C=O) groups excluding carboxylic acids is 1. The van der Waals surface area contributed by atoms with Crippen LogP contribution in [-0.4, -0.2) is 38.0 Å². The second-order valence-electron chi connectivity index (χ2n) is 3.28. The maximum Gasteiger partial charge on any atom is 0.236 e. The van der Waals surface area contributed by atoms with E-state index in [2.05, 4.69) is 5.32 Å². The van der Waals surface area contributed by atoms with E-state index in [-0.39, 0.29) is 12.3 Å². The van der Waals surface area contributed by atoms with E-state index < -0.39 is 0 Å². The minimum absolute atomic E-state index is 0.00722. The molecule has 0 radical (unpaired) electrons. The smallest absolute Gasteiger partial charge is 0.236 e. The summed E-state index contributed by atoms with van der Waals surface area (Å²) in [6.45, 7) is 1.70. The zero-order valence-electron chi connectivity index (χ0n) is 9.05. The van der Waals surface area contributed by atoms with E-state index in [9.17, 15) is 4.79 Å². The second kappa shape index (κ2) is 8.52. The van der Waals surface area contributed by atoms with Gasteiger partial charge in [-0.25, -0.2) is 0 Å². The molecule has 4 nitrogen and oxygen atoms in total. The summed E-state index contributed by atoms with van der Waals surface area (Å²) in [6, 6.07) is 1.87. The number of piperidine rings is 1. The quantitative estimate of drug-likeness (QED) is 0.675. The molecule has 0 saturated carbocycles. The molecule has 1 saturated heterocycles. The van der Waals surface area contributed by atoms with Gasteiger partial charge in [-0.05, 0) is 33.4 Å². The molecule has 1 aliphatic heterocycles. The molecule has 0 unspecified atom stereocenters. The molecule has 80 valence electrons. The first-order chi connectivity index (χ1) is 6.76. The number of likely N-dealkylation sites (tertiary alicyclic amines) is 1. The molecule has 4 heteroatoms. The van der Waals surface area contributed by atoms with Crippen molar-refractivity contribution in [2.75, 3.05) is 27.2 Å². The van der Waals surface area contributed by atoms with Crippen molar-refractivity contribution in [2.24, 2.45) is 0 Å². The van der Waals surface area contributed by atoms with Crippen LogP contribution in [0.15, 0.2) is 0 Å². The van der Waals surface area contributed by atoms with Gasteiger partial charge < -0.3 is 10.2 Å². The summed E-state index contributed by atoms with van der Waals surface area (Å²) in [7, 11) is 3.75. The fourth-order valence-corrected chi connectivity index (χ4v) is 1.32. The summed E-state index contributed by atoms with van der Waals surface area (Å²) < 4.78 is 0. The number of carbonyl (C=O) groups is 1.